The molecule has 8 nitrogen and oxygen atoms in total. The van der Waals surface area contributed by atoms with Gasteiger partial charge in [-0.25, -0.2) is 4.68 Å². The molecule has 1 amide bonds. The number of nitrogens with one attached hydrogen (secondary N) is 2. The molecular weight excluding hydrogens is 374 g/mol. The lowest BCUT2D eigenvalue weighted by atomic mass is 9.97. The number of thioether (sulfide) groups is 1. The topological polar surface area (TPSA) is 89.7 Å². The summed E-state index contributed by atoms with van der Waals surface area (Å²) in [6.45, 7) is 3.94. The fourth-order valence-electron chi connectivity index (χ4n) is 3.23. The number of hydrogen-bond donors (Lipinski definition) is 2. The molecule has 1 atom stereocenters. The van der Waals surface area contributed by atoms with Gasteiger partial charge in [0, 0.05) is 30.2 Å². The van der Waals surface area contributed by atoms with E-state index in [1.807, 2.05) is 50.5 Å². The first-order valence-electron chi connectivity index (χ1n) is 8.99. The molecule has 2 aromatic heterocycles. The zero-order valence-electron chi connectivity index (χ0n) is 15.9. The maximum Gasteiger partial charge on any atom is 0.255 e. The van der Waals surface area contributed by atoms with E-state index in [9.17, 15) is 4.79 Å². The van der Waals surface area contributed by atoms with Crippen LogP contribution >= 0.6 is 11.8 Å². The molecule has 1 unspecified atom stereocenters. The number of hydrogen-bond acceptors (Lipinski definition) is 6. The van der Waals surface area contributed by atoms with Gasteiger partial charge in [-0.2, -0.15) is 10.1 Å². The highest BCUT2D eigenvalue weighted by Crippen LogP contribution is 2.36. The van der Waals surface area contributed by atoms with Crippen LogP contribution < -0.4 is 10.6 Å². The van der Waals surface area contributed by atoms with Gasteiger partial charge < -0.3 is 10.6 Å². The van der Waals surface area contributed by atoms with Crippen LogP contribution in [0, 0.1) is 0 Å². The van der Waals surface area contributed by atoms with Crippen LogP contribution in [0.15, 0.2) is 59.2 Å². The lowest BCUT2D eigenvalue weighted by molar-refractivity contribution is -0.113. The van der Waals surface area contributed by atoms with Gasteiger partial charge in [-0.05, 0) is 24.8 Å². The van der Waals surface area contributed by atoms with Crippen LogP contribution in [0.5, 0.6) is 0 Å². The van der Waals surface area contributed by atoms with Crippen LogP contribution in [0.2, 0.25) is 0 Å². The summed E-state index contributed by atoms with van der Waals surface area (Å²) in [6, 6.07) is 9.00. The Morgan fingerprint density at radius 1 is 1.32 bits per heavy atom. The molecule has 2 N–H and O–H groups in total. The van der Waals surface area contributed by atoms with Crippen LogP contribution in [0.25, 0.3) is 0 Å². The SMILES string of the molecule is CCSc1nc2n(n1)C(c1cnn(C)c1)C(C(=O)Nc1ccccc1)=C(C)N2. The van der Waals surface area contributed by atoms with Crippen LogP contribution in [-0.2, 0) is 11.8 Å². The van der Waals surface area contributed by atoms with Crippen molar-refractivity contribution in [3.05, 3.63) is 59.6 Å². The molecule has 1 aliphatic rings. The molecular formula is C19H21N7OS. The second-order valence-corrected chi connectivity index (χ2v) is 7.66. The maximum absolute atomic E-state index is 13.2. The van der Waals surface area contributed by atoms with Crippen molar-refractivity contribution in [1.82, 2.24) is 24.5 Å². The van der Waals surface area contributed by atoms with Gasteiger partial charge in [-0.15, -0.1) is 5.10 Å². The monoisotopic (exact) mass is 395 g/mol. The van der Waals surface area contributed by atoms with Gasteiger partial charge in [-0.1, -0.05) is 36.9 Å². The third kappa shape index (κ3) is 3.40. The van der Waals surface area contributed by atoms with E-state index in [0.717, 1.165) is 22.7 Å². The molecule has 0 spiro atoms. The van der Waals surface area contributed by atoms with Crippen LogP contribution in [0.4, 0.5) is 11.6 Å². The minimum Gasteiger partial charge on any atom is -0.328 e. The van der Waals surface area contributed by atoms with Crippen molar-refractivity contribution in [2.24, 2.45) is 7.05 Å². The molecule has 9 heteroatoms. The first kappa shape index (κ1) is 18.3. The largest absolute Gasteiger partial charge is 0.328 e. The second kappa shape index (κ2) is 7.51. The first-order valence-corrected chi connectivity index (χ1v) is 9.97. The minimum atomic E-state index is -0.410. The smallest absolute Gasteiger partial charge is 0.255 e. The van der Waals surface area contributed by atoms with E-state index in [1.165, 1.54) is 0 Å². The van der Waals surface area contributed by atoms with Gasteiger partial charge in [0.1, 0.15) is 6.04 Å². The molecule has 1 aliphatic heterocycles. The molecule has 0 saturated carbocycles. The Morgan fingerprint density at radius 2 is 2.11 bits per heavy atom. The van der Waals surface area contributed by atoms with E-state index in [4.69, 9.17) is 0 Å². The Bertz CT molecular complexity index is 1040. The Kier molecular flexibility index (Phi) is 4.91. The fraction of sp³-hybridized carbons (Fsp3) is 0.263. The zero-order chi connectivity index (χ0) is 19.7. The number of aryl methyl sites for hydroxylation is 1. The van der Waals surface area contributed by atoms with Crippen molar-refractivity contribution >= 4 is 29.3 Å². The molecule has 0 saturated heterocycles. The van der Waals surface area contributed by atoms with Crippen molar-refractivity contribution in [3.8, 4) is 0 Å². The summed E-state index contributed by atoms with van der Waals surface area (Å²) in [4.78, 5) is 17.8. The van der Waals surface area contributed by atoms with E-state index >= 15 is 0 Å². The first-order chi connectivity index (χ1) is 13.6. The summed E-state index contributed by atoms with van der Waals surface area (Å²) in [7, 11) is 1.85. The van der Waals surface area contributed by atoms with E-state index in [2.05, 4.69) is 32.7 Å². The Morgan fingerprint density at radius 3 is 2.79 bits per heavy atom. The predicted octanol–water partition coefficient (Wildman–Crippen LogP) is 3.05. The highest BCUT2D eigenvalue weighted by molar-refractivity contribution is 7.99. The number of benzene rings is 1. The summed E-state index contributed by atoms with van der Waals surface area (Å²) in [5.74, 6) is 1.31. The number of allylic oxidation sites excluding steroid dienone is 1. The quantitative estimate of drug-likeness (QED) is 0.646. The summed E-state index contributed by atoms with van der Waals surface area (Å²) < 4.78 is 3.49. The van der Waals surface area contributed by atoms with Crippen LogP contribution in [0.1, 0.15) is 25.5 Å². The van der Waals surface area contributed by atoms with Crippen LogP contribution in [0.3, 0.4) is 0 Å². The van der Waals surface area contributed by atoms with Crippen molar-refractivity contribution in [3.63, 3.8) is 0 Å². The molecule has 144 valence electrons. The van der Waals surface area contributed by atoms with E-state index in [0.29, 0.717) is 16.7 Å². The standard InChI is InChI=1S/C19H21N7OS/c1-4-28-19-23-18-21-12(2)15(17(27)22-14-8-6-5-7-9-14)16(26(18)24-19)13-10-20-25(3)11-13/h5-11,16H,4H2,1-3H3,(H,22,27)(H,21,23,24). The average molecular weight is 395 g/mol. The number of fused-ring (bicyclic) bond motifs is 1. The van der Waals surface area contributed by atoms with Gasteiger partial charge in [0.2, 0.25) is 11.1 Å². The third-order valence-electron chi connectivity index (χ3n) is 4.42. The molecule has 0 bridgehead atoms. The van der Waals surface area contributed by atoms with Crippen molar-refractivity contribution in [1.29, 1.82) is 0 Å². The predicted molar refractivity (Wildman–Crippen MR) is 109 cm³/mol. The highest BCUT2D eigenvalue weighted by atomic mass is 32.2. The number of para-hydroxylation sites is 1. The number of nitrogens with zero attached hydrogens (tertiary/aromatic N) is 5. The van der Waals surface area contributed by atoms with Crippen LogP contribution in [-0.4, -0.2) is 36.2 Å². The Hall–Kier alpha value is -3.07. The van der Waals surface area contributed by atoms with Gasteiger partial charge >= 0.3 is 0 Å². The number of anilines is 2. The van der Waals surface area contributed by atoms with Gasteiger partial charge in [0.25, 0.3) is 5.91 Å². The molecule has 0 radical (unpaired) electrons. The van der Waals surface area contributed by atoms with E-state index < -0.39 is 6.04 Å². The second-order valence-electron chi connectivity index (χ2n) is 6.43. The molecule has 4 rings (SSSR count). The molecule has 3 heterocycles. The molecule has 28 heavy (non-hydrogen) atoms. The number of rotatable bonds is 5. The lowest BCUT2D eigenvalue weighted by Gasteiger charge is -2.27. The molecule has 3 aromatic rings. The highest BCUT2D eigenvalue weighted by Gasteiger charge is 2.35. The summed E-state index contributed by atoms with van der Waals surface area (Å²) in [5.41, 5.74) is 2.95. The lowest BCUT2D eigenvalue weighted by Crippen LogP contribution is -2.31. The minimum absolute atomic E-state index is 0.184. The molecule has 0 fully saturated rings. The van der Waals surface area contributed by atoms with Gasteiger partial charge in [0.15, 0.2) is 0 Å². The normalized spacial score (nSPS) is 15.9. The number of carbonyl (C=O) groups excluding carboxylic acids is 1. The number of amides is 1. The zero-order valence-corrected chi connectivity index (χ0v) is 16.7. The van der Waals surface area contributed by atoms with Gasteiger partial charge in [0.05, 0.1) is 11.8 Å². The van der Waals surface area contributed by atoms with E-state index in [-0.39, 0.29) is 5.91 Å². The van der Waals surface area contributed by atoms with E-state index in [1.54, 1.807) is 27.3 Å². The summed E-state index contributed by atoms with van der Waals surface area (Å²) in [5, 5.41) is 15.8. The van der Waals surface area contributed by atoms with Crippen molar-refractivity contribution in [2.45, 2.75) is 25.0 Å². The van der Waals surface area contributed by atoms with Crippen molar-refractivity contribution < 1.29 is 4.79 Å². The van der Waals surface area contributed by atoms with Crippen molar-refractivity contribution in [2.75, 3.05) is 16.4 Å². The molecule has 0 aliphatic carbocycles. The fourth-order valence-corrected chi connectivity index (χ4v) is 3.78. The average Bonchev–Trinajstić information content (AvgIpc) is 3.27. The summed E-state index contributed by atoms with van der Waals surface area (Å²) >= 11 is 1.56. The summed E-state index contributed by atoms with van der Waals surface area (Å²) in [6.07, 6.45) is 3.66. The molecule has 1 aromatic carbocycles. The Labute approximate surface area is 167 Å². The maximum atomic E-state index is 13.2. The number of aromatic nitrogens is 5. The third-order valence-corrected chi connectivity index (χ3v) is 5.14. The van der Waals surface area contributed by atoms with Gasteiger partial charge in [-0.3, -0.25) is 9.48 Å². The number of carbonyl (C=O) groups is 1. The Balaban J connectivity index is 1.77.